The van der Waals surface area contributed by atoms with Gasteiger partial charge in [-0.1, -0.05) is 16.8 Å². The van der Waals surface area contributed by atoms with E-state index in [0.29, 0.717) is 22.7 Å². The summed E-state index contributed by atoms with van der Waals surface area (Å²) in [4.78, 5) is 4.96. The summed E-state index contributed by atoms with van der Waals surface area (Å²) in [6.45, 7) is 5.56. The third kappa shape index (κ3) is 2.68. The Hall–Kier alpha value is -1.46. The van der Waals surface area contributed by atoms with Crippen molar-refractivity contribution in [2.24, 2.45) is 10.9 Å². The first-order chi connectivity index (χ1) is 10.1. The summed E-state index contributed by atoms with van der Waals surface area (Å²) in [5.74, 6) is 0.0807. The van der Waals surface area contributed by atoms with Gasteiger partial charge in [0.1, 0.15) is 0 Å². The second kappa shape index (κ2) is 5.73. The van der Waals surface area contributed by atoms with Gasteiger partial charge in [-0.3, -0.25) is 4.90 Å². The molecule has 3 rings (SSSR count). The molecule has 0 bridgehead atoms. The van der Waals surface area contributed by atoms with Gasteiger partial charge in [-0.05, 0) is 44.5 Å². The Morgan fingerprint density at radius 2 is 2.24 bits per heavy atom. The van der Waals surface area contributed by atoms with Crippen LogP contribution in [0.1, 0.15) is 25.3 Å². The summed E-state index contributed by atoms with van der Waals surface area (Å²) in [5, 5.41) is 12.4. The second-order valence-corrected chi connectivity index (χ2v) is 6.35. The molecular formula is C15H21ClN4O. The molecule has 0 saturated carbocycles. The highest BCUT2D eigenvalue weighted by Crippen LogP contribution is 2.33. The molecule has 2 aliphatic heterocycles. The van der Waals surface area contributed by atoms with Crippen molar-refractivity contribution in [2.45, 2.75) is 31.8 Å². The largest absolute Gasteiger partial charge is 0.409 e. The maximum absolute atomic E-state index is 8.75. The number of nitrogens with two attached hydrogens (primary N) is 1. The van der Waals surface area contributed by atoms with Gasteiger partial charge >= 0.3 is 0 Å². The number of benzene rings is 1. The normalized spacial score (nSPS) is 27.0. The first-order valence-electron chi connectivity index (χ1n) is 7.38. The molecule has 3 N–H and O–H groups in total. The predicted octanol–water partition coefficient (Wildman–Crippen LogP) is 2.11. The van der Waals surface area contributed by atoms with E-state index in [1.54, 1.807) is 6.07 Å². The van der Waals surface area contributed by atoms with E-state index in [9.17, 15) is 0 Å². The van der Waals surface area contributed by atoms with Crippen molar-refractivity contribution in [3.05, 3.63) is 28.8 Å². The van der Waals surface area contributed by atoms with E-state index >= 15 is 0 Å². The van der Waals surface area contributed by atoms with Gasteiger partial charge in [-0.25, -0.2) is 0 Å². The molecule has 21 heavy (non-hydrogen) atoms. The fraction of sp³-hybridized carbons (Fsp3) is 0.533. The van der Waals surface area contributed by atoms with Gasteiger partial charge in [0.05, 0.1) is 10.7 Å². The third-order valence-corrected chi connectivity index (χ3v) is 4.90. The van der Waals surface area contributed by atoms with Gasteiger partial charge in [0.15, 0.2) is 5.84 Å². The van der Waals surface area contributed by atoms with E-state index in [4.69, 9.17) is 22.5 Å². The van der Waals surface area contributed by atoms with Gasteiger partial charge < -0.3 is 15.8 Å². The Bertz CT molecular complexity index is 563. The SMILES string of the molecule is CC1CN2CCCC2CN1c1ccc(/C(N)=N/O)cc1Cl. The number of piperazine rings is 1. The van der Waals surface area contributed by atoms with Crippen molar-refractivity contribution in [1.29, 1.82) is 0 Å². The molecule has 2 heterocycles. The lowest BCUT2D eigenvalue weighted by Crippen LogP contribution is -2.55. The van der Waals surface area contributed by atoms with Gasteiger partial charge in [0.2, 0.25) is 0 Å². The summed E-state index contributed by atoms with van der Waals surface area (Å²) in [6.07, 6.45) is 2.56. The molecule has 5 nitrogen and oxygen atoms in total. The first-order valence-corrected chi connectivity index (χ1v) is 7.76. The molecule has 1 aromatic rings. The minimum Gasteiger partial charge on any atom is -0.409 e. The van der Waals surface area contributed by atoms with Crippen LogP contribution in [0, 0.1) is 0 Å². The Kier molecular flexibility index (Phi) is 3.95. The molecule has 2 aliphatic rings. The predicted molar refractivity (Wildman–Crippen MR) is 85.4 cm³/mol. The summed E-state index contributed by atoms with van der Waals surface area (Å²) in [5.41, 5.74) is 7.28. The molecule has 114 valence electrons. The Morgan fingerprint density at radius 3 is 2.95 bits per heavy atom. The van der Waals surface area contributed by atoms with Crippen molar-refractivity contribution in [2.75, 3.05) is 24.5 Å². The Balaban J connectivity index is 1.86. The highest BCUT2D eigenvalue weighted by atomic mass is 35.5. The van der Waals surface area contributed by atoms with Crippen LogP contribution in [0.2, 0.25) is 5.02 Å². The highest BCUT2D eigenvalue weighted by molar-refractivity contribution is 6.33. The molecular weight excluding hydrogens is 288 g/mol. The zero-order valence-electron chi connectivity index (χ0n) is 12.2. The van der Waals surface area contributed by atoms with Crippen LogP contribution in [-0.2, 0) is 0 Å². The standard InChI is InChI=1S/C15H21ClN4O/c1-10-8-19-6-2-3-12(19)9-20(10)14-5-4-11(7-13(14)16)15(17)18-21/h4-5,7,10,12,21H,2-3,6,8-9H2,1H3,(H2,17,18). The fourth-order valence-corrected chi connectivity index (χ4v) is 3.77. The van der Waals surface area contributed by atoms with Gasteiger partial charge in [-0.15, -0.1) is 0 Å². The van der Waals surface area contributed by atoms with Crippen molar-refractivity contribution in [3.63, 3.8) is 0 Å². The smallest absolute Gasteiger partial charge is 0.170 e. The van der Waals surface area contributed by atoms with Crippen LogP contribution in [0.3, 0.4) is 0 Å². The van der Waals surface area contributed by atoms with Crippen molar-refractivity contribution in [1.82, 2.24) is 4.90 Å². The summed E-state index contributed by atoms with van der Waals surface area (Å²) in [7, 11) is 0. The van der Waals surface area contributed by atoms with Crippen LogP contribution >= 0.6 is 11.6 Å². The zero-order valence-corrected chi connectivity index (χ0v) is 12.9. The highest BCUT2D eigenvalue weighted by Gasteiger charge is 2.35. The molecule has 6 heteroatoms. The molecule has 0 aromatic heterocycles. The molecule has 0 amide bonds. The van der Waals surface area contributed by atoms with E-state index in [1.165, 1.54) is 19.4 Å². The number of amidine groups is 1. The quantitative estimate of drug-likeness (QED) is 0.380. The number of oxime groups is 1. The van der Waals surface area contributed by atoms with E-state index in [2.05, 4.69) is 21.9 Å². The van der Waals surface area contributed by atoms with Crippen LogP contribution in [0.15, 0.2) is 23.4 Å². The van der Waals surface area contributed by atoms with Crippen LogP contribution in [-0.4, -0.2) is 47.7 Å². The minimum atomic E-state index is 0.0807. The van der Waals surface area contributed by atoms with Gasteiger partial charge in [0, 0.05) is 30.7 Å². The summed E-state index contributed by atoms with van der Waals surface area (Å²) >= 11 is 6.42. The van der Waals surface area contributed by atoms with E-state index in [-0.39, 0.29) is 5.84 Å². The number of fused-ring (bicyclic) bond motifs is 1. The van der Waals surface area contributed by atoms with Crippen LogP contribution in [0.25, 0.3) is 0 Å². The van der Waals surface area contributed by atoms with Gasteiger partial charge in [-0.2, -0.15) is 0 Å². The molecule has 2 atom stereocenters. The Labute approximate surface area is 130 Å². The number of nitrogens with zero attached hydrogens (tertiary/aromatic N) is 3. The topological polar surface area (TPSA) is 65.1 Å². The molecule has 0 spiro atoms. The Morgan fingerprint density at radius 1 is 1.43 bits per heavy atom. The number of hydrogen-bond acceptors (Lipinski definition) is 4. The van der Waals surface area contributed by atoms with Crippen LogP contribution in [0.4, 0.5) is 5.69 Å². The van der Waals surface area contributed by atoms with E-state index < -0.39 is 0 Å². The molecule has 2 fully saturated rings. The molecule has 0 aliphatic carbocycles. The van der Waals surface area contributed by atoms with Crippen molar-refractivity contribution < 1.29 is 5.21 Å². The number of hydrogen-bond donors (Lipinski definition) is 2. The second-order valence-electron chi connectivity index (χ2n) is 5.94. The molecule has 2 unspecified atom stereocenters. The maximum Gasteiger partial charge on any atom is 0.170 e. The molecule has 1 aromatic carbocycles. The lowest BCUT2D eigenvalue weighted by Gasteiger charge is -2.44. The molecule has 0 radical (unpaired) electrons. The van der Waals surface area contributed by atoms with Crippen LogP contribution < -0.4 is 10.6 Å². The minimum absolute atomic E-state index is 0.0807. The third-order valence-electron chi connectivity index (χ3n) is 4.60. The van der Waals surface area contributed by atoms with E-state index in [1.807, 2.05) is 12.1 Å². The number of halogens is 1. The fourth-order valence-electron chi connectivity index (χ4n) is 3.48. The zero-order chi connectivity index (χ0) is 15.0. The summed E-state index contributed by atoms with van der Waals surface area (Å²) < 4.78 is 0. The van der Waals surface area contributed by atoms with Crippen LogP contribution in [0.5, 0.6) is 0 Å². The lowest BCUT2D eigenvalue weighted by atomic mass is 10.1. The number of anilines is 1. The number of rotatable bonds is 2. The average Bonchev–Trinajstić information content (AvgIpc) is 2.92. The average molecular weight is 309 g/mol. The monoisotopic (exact) mass is 308 g/mol. The first kappa shape index (κ1) is 14.5. The van der Waals surface area contributed by atoms with Crippen molar-refractivity contribution >= 4 is 23.1 Å². The maximum atomic E-state index is 8.75. The van der Waals surface area contributed by atoms with Crippen molar-refractivity contribution in [3.8, 4) is 0 Å². The lowest BCUT2D eigenvalue weighted by molar-refractivity contribution is 0.203. The summed E-state index contributed by atoms with van der Waals surface area (Å²) in [6, 6.07) is 6.66. The van der Waals surface area contributed by atoms with Gasteiger partial charge in [0.25, 0.3) is 0 Å². The van der Waals surface area contributed by atoms with E-state index in [0.717, 1.165) is 18.8 Å². The molecule has 2 saturated heterocycles.